The van der Waals surface area contributed by atoms with Gasteiger partial charge in [-0.1, -0.05) is 18.6 Å². The van der Waals surface area contributed by atoms with E-state index < -0.39 is 9.84 Å². The Morgan fingerprint density at radius 2 is 1.74 bits per heavy atom. The number of likely N-dealkylation sites (tertiary alicyclic amines) is 1. The van der Waals surface area contributed by atoms with Gasteiger partial charge in [0.15, 0.2) is 9.84 Å². The van der Waals surface area contributed by atoms with Crippen LogP contribution in [0.1, 0.15) is 39.5 Å². The Morgan fingerprint density at radius 1 is 1.09 bits per heavy atom. The molecule has 1 aliphatic carbocycles. The summed E-state index contributed by atoms with van der Waals surface area (Å²) in [6.45, 7) is 9.76. The lowest BCUT2D eigenvalue weighted by atomic mass is 9.79. The molecule has 5 heteroatoms. The summed E-state index contributed by atoms with van der Waals surface area (Å²) in [6.07, 6.45) is 7.42. The Labute approximate surface area is 141 Å². The summed E-state index contributed by atoms with van der Waals surface area (Å²) in [6, 6.07) is 0.599. The first-order chi connectivity index (χ1) is 10.9. The molecule has 0 spiro atoms. The molecule has 0 unspecified atom stereocenters. The van der Waals surface area contributed by atoms with Crippen molar-refractivity contribution in [3.63, 3.8) is 0 Å². The third-order valence-corrected chi connectivity index (χ3v) is 7.88. The predicted molar refractivity (Wildman–Crippen MR) is 95.3 cm³/mol. The predicted octanol–water partition coefficient (Wildman–Crippen LogP) is 2.17. The monoisotopic (exact) mass is 340 g/mol. The van der Waals surface area contributed by atoms with Gasteiger partial charge in [0.2, 0.25) is 0 Å². The Hall–Kier alpha value is -0.390. The van der Waals surface area contributed by atoms with Gasteiger partial charge in [-0.2, -0.15) is 0 Å². The molecule has 23 heavy (non-hydrogen) atoms. The van der Waals surface area contributed by atoms with E-state index in [1.165, 1.54) is 45.3 Å². The largest absolute Gasteiger partial charge is 0.303 e. The molecule has 2 atom stereocenters. The summed E-state index contributed by atoms with van der Waals surface area (Å²) in [7, 11) is -2.75. The molecule has 2 saturated heterocycles. The van der Waals surface area contributed by atoms with E-state index in [-0.39, 0.29) is 0 Å². The Kier molecular flexibility index (Phi) is 5.49. The lowest BCUT2D eigenvalue weighted by Gasteiger charge is -2.42. The molecule has 2 aliphatic heterocycles. The van der Waals surface area contributed by atoms with E-state index >= 15 is 0 Å². The zero-order valence-corrected chi connectivity index (χ0v) is 15.5. The van der Waals surface area contributed by atoms with Gasteiger partial charge < -0.3 is 4.90 Å². The molecule has 3 rings (SSSR count). The maximum absolute atomic E-state index is 11.6. The van der Waals surface area contributed by atoms with Crippen LogP contribution in [0.25, 0.3) is 0 Å². The highest BCUT2D eigenvalue weighted by atomic mass is 32.2. The molecule has 0 N–H and O–H groups in total. The number of sulfone groups is 1. The van der Waals surface area contributed by atoms with Crippen LogP contribution >= 0.6 is 0 Å². The first-order valence-corrected chi connectivity index (χ1v) is 11.1. The van der Waals surface area contributed by atoms with E-state index in [2.05, 4.69) is 29.7 Å². The van der Waals surface area contributed by atoms with Crippen molar-refractivity contribution in [1.82, 2.24) is 9.80 Å². The number of piperidine rings is 1. The first kappa shape index (κ1) is 17.4. The van der Waals surface area contributed by atoms with Gasteiger partial charge in [0.05, 0.1) is 11.5 Å². The molecule has 0 aromatic carbocycles. The van der Waals surface area contributed by atoms with Crippen LogP contribution in [0.2, 0.25) is 0 Å². The molecule has 0 radical (unpaired) electrons. The lowest BCUT2D eigenvalue weighted by molar-refractivity contribution is 0.100. The van der Waals surface area contributed by atoms with Crippen molar-refractivity contribution < 1.29 is 8.42 Å². The normalized spacial score (nSPS) is 34.3. The van der Waals surface area contributed by atoms with Gasteiger partial charge >= 0.3 is 0 Å². The molecule has 132 valence electrons. The Morgan fingerprint density at radius 3 is 2.35 bits per heavy atom. The molecule has 3 aliphatic rings. The van der Waals surface area contributed by atoms with Crippen molar-refractivity contribution in [2.45, 2.75) is 45.6 Å². The summed E-state index contributed by atoms with van der Waals surface area (Å²) in [5.74, 6) is 2.26. The molecule has 2 fully saturated rings. The van der Waals surface area contributed by atoms with Crippen molar-refractivity contribution in [1.29, 1.82) is 0 Å². The molecule has 0 saturated carbocycles. The van der Waals surface area contributed by atoms with Crippen LogP contribution in [-0.4, -0.2) is 68.5 Å². The first-order valence-electron chi connectivity index (χ1n) is 9.28. The standard InChI is InChI=1S/C18H32N2O2S/c1-15-4-3-5-16(2)18(15)14-19-8-6-17(7-9-19)20-10-12-23(21,22)13-11-20/h4,16-18H,3,5-14H2,1-2H3/t16-,18+/m0/s1. The summed E-state index contributed by atoms with van der Waals surface area (Å²) in [4.78, 5) is 5.06. The number of hydrogen-bond acceptors (Lipinski definition) is 4. The van der Waals surface area contributed by atoms with Crippen LogP contribution in [0.3, 0.4) is 0 Å². The molecule has 0 bridgehead atoms. The molecular formula is C18H32N2O2S. The minimum Gasteiger partial charge on any atom is -0.303 e. The second-order valence-electron chi connectivity index (χ2n) is 7.83. The van der Waals surface area contributed by atoms with Gasteiger partial charge in [0.1, 0.15) is 0 Å². The van der Waals surface area contributed by atoms with Gasteiger partial charge in [-0.15, -0.1) is 0 Å². The van der Waals surface area contributed by atoms with E-state index in [1.807, 2.05) is 0 Å². The van der Waals surface area contributed by atoms with E-state index in [0.29, 0.717) is 17.5 Å². The molecule has 0 aromatic rings. The lowest BCUT2D eigenvalue weighted by Crippen LogP contribution is -2.51. The number of hydrogen-bond donors (Lipinski definition) is 0. The fourth-order valence-corrected chi connectivity index (χ4v) is 5.77. The second kappa shape index (κ2) is 7.24. The number of nitrogens with zero attached hydrogens (tertiary/aromatic N) is 2. The average Bonchev–Trinajstić information content (AvgIpc) is 2.52. The molecule has 0 amide bonds. The fourth-order valence-electron chi connectivity index (χ4n) is 4.54. The van der Waals surface area contributed by atoms with Gasteiger partial charge in [-0.3, -0.25) is 4.90 Å². The van der Waals surface area contributed by atoms with Gasteiger partial charge in [-0.05, 0) is 57.5 Å². The second-order valence-corrected chi connectivity index (χ2v) is 10.1. The molecular weight excluding hydrogens is 308 g/mol. The van der Waals surface area contributed by atoms with E-state index in [4.69, 9.17) is 0 Å². The number of rotatable bonds is 3. The van der Waals surface area contributed by atoms with Gasteiger partial charge in [-0.25, -0.2) is 8.42 Å². The van der Waals surface area contributed by atoms with Crippen LogP contribution < -0.4 is 0 Å². The maximum Gasteiger partial charge on any atom is 0.152 e. The highest BCUT2D eigenvalue weighted by Crippen LogP contribution is 2.31. The van der Waals surface area contributed by atoms with Crippen LogP contribution in [0.4, 0.5) is 0 Å². The van der Waals surface area contributed by atoms with Crippen LogP contribution in [0.5, 0.6) is 0 Å². The fraction of sp³-hybridized carbons (Fsp3) is 0.889. The third-order valence-electron chi connectivity index (χ3n) is 6.27. The van der Waals surface area contributed by atoms with Crippen molar-refractivity contribution in [2.75, 3.05) is 44.2 Å². The zero-order valence-electron chi connectivity index (χ0n) is 14.7. The Balaban J connectivity index is 1.47. The highest BCUT2D eigenvalue weighted by molar-refractivity contribution is 7.91. The summed E-state index contributed by atoms with van der Waals surface area (Å²) in [5, 5.41) is 0. The van der Waals surface area contributed by atoms with Crippen molar-refractivity contribution in [3.05, 3.63) is 11.6 Å². The van der Waals surface area contributed by atoms with Crippen LogP contribution in [0.15, 0.2) is 11.6 Å². The maximum atomic E-state index is 11.6. The third kappa shape index (κ3) is 4.37. The minimum absolute atomic E-state index is 0.358. The quantitative estimate of drug-likeness (QED) is 0.739. The summed E-state index contributed by atoms with van der Waals surface area (Å²) >= 11 is 0. The van der Waals surface area contributed by atoms with Gasteiger partial charge in [0, 0.05) is 25.7 Å². The van der Waals surface area contributed by atoms with Crippen molar-refractivity contribution in [2.24, 2.45) is 11.8 Å². The van der Waals surface area contributed by atoms with Crippen LogP contribution in [-0.2, 0) is 9.84 Å². The molecule has 0 aromatic heterocycles. The Bertz CT molecular complexity index is 521. The highest BCUT2D eigenvalue weighted by Gasteiger charge is 2.31. The van der Waals surface area contributed by atoms with Crippen LogP contribution in [0, 0.1) is 11.8 Å². The van der Waals surface area contributed by atoms with E-state index in [0.717, 1.165) is 24.9 Å². The smallest absolute Gasteiger partial charge is 0.152 e. The topological polar surface area (TPSA) is 40.6 Å². The summed E-state index contributed by atoms with van der Waals surface area (Å²) < 4.78 is 23.1. The zero-order chi connectivity index (χ0) is 16.4. The number of allylic oxidation sites excluding steroid dienone is 1. The average molecular weight is 341 g/mol. The van der Waals surface area contributed by atoms with Gasteiger partial charge in [0.25, 0.3) is 0 Å². The van der Waals surface area contributed by atoms with Crippen molar-refractivity contribution in [3.8, 4) is 0 Å². The minimum atomic E-state index is -2.75. The van der Waals surface area contributed by atoms with E-state index in [1.54, 1.807) is 5.57 Å². The summed E-state index contributed by atoms with van der Waals surface area (Å²) in [5.41, 5.74) is 1.59. The van der Waals surface area contributed by atoms with E-state index in [9.17, 15) is 8.42 Å². The SMILES string of the molecule is CC1=CCC[C@H](C)[C@@H]1CN1CCC(N2CCS(=O)(=O)CC2)CC1. The molecule has 4 nitrogen and oxygen atoms in total. The molecule has 2 heterocycles. The van der Waals surface area contributed by atoms with Crippen molar-refractivity contribution >= 4 is 9.84 Å².